The van der Waals surface area contributed by atoms with Crippen molar-refractivity contribution in [2.75, 3.05) is 7.11 Å². The Labute approximate surface area is 179 Å². The molecular formula is C27H42O2. The average molecular weight is 399 g/mol. The largest absolute Gasteiger partial charge is 0.466 e. The van der Waals surface area contributed by atoms with Gasteiger partial charge in [-0.25, -0.2) is 4.79 Å². The Morgan fingerprint density at radius 2 is 1.59 bits per heavy atom. The van der Waals surface area contributed by atoms with Gasteiger partial charge in [0, 0.05) is 6.08 Å². The molecule has 0 aromatic heterocycles. The number of carbonyl (C=O) groups excluding carboxylic acids is 1. The number of hydrogen-bond acceptors (Lipinski definition) is 2. The highest BCUT2D eigenvalue weighted by molar-refractivity contribution is 5.83. The Morgan fingerprint density at radius 3 is 2.10 bits per heavy atom. The zero-order valence-electron chi connectivity index (χ0n) is 19.9. The number of carbonyl (C=O) groups is 1. The Balaban J connectivity index is 2.23. The van der Waals surface area contributed by atoms with Crippen LogP contribution < -0.4 is 0 Å². The van der Waals surface area contributed by atoms with Crippen molar-refractivity contribution >= 4 is 5.97 Å². The van der Waals surface area contributed by atoms with E-state index in [4.69, 9.17) is 4.74 Å². The third kappa shape index (κ3) is 5.96. The second-order valence-corrected chi connectivity index (χ2v) is 10.5. The smallest absolute Gasteiger partial charge is 0.330 e. The molecule has 2 nitrogen and oxygen atoms in total. The predicted octanol–water partition coefficient (Wildman–Crippen LogP) is 7.72. The molecule has 0 amide bonds. The lowest BCUT2D eigenvalue weighted by Crippen LogP contribution is -2.28. The van der Waals surface area contributed by atoms with Gasteiger partial charge in [0.1, 0.15) is 0 Å². The van der Waals surface area contributed by atoms with Crippen LogP contribution in [0.3, 0.4) is 0 Å². The van der Waals surface area contributed by atoms with Crippen LogP contribution in [0.15, 0.2) is 47.1 Å². The van der Waals surface area contributed by atoms with E-state index in [1.807, 2.05) is 13.0 Å². The molecule has 0 saturated carbocycles. The monoisotopic (exact) mass is 398 g/mol. The summed E-state index contributed by atoms with van der Waals surface area (Å²) < 4.78 is 4.70. The maximum atomic E-state index is 11.4. The van der Waals surface area contributed by atoms with E-state index in [-0.39, 0.29) is 11.4 Å². The summed E-state index contributed by atoms with van der Waals surface area (Å²) in [6.07, 6.45) is 20.4. The summed E-state index contributed by atoms with van der Waals surface area (Å²) in [7, 11) is 1.41. The summed E-state index contributed by atoms with van der Waals surface area (Å²) in [5.41, 5.74) is 5.30. The van der Waals surface area contributed by atoms with Crippen molar-refractivity contribution in [2.24, 2.45) is 16.2 Å². The van der Waals surface area contributed by atoms with Gasteiger partial charge in [-0.1, -0.05) is 89.3 Å². The molecule has 0 fully saturated rings. The number of rotatable bonds is 8. The van der Waals surface area contributed by atoms with Crippen LogP contribution in [0.2, 0.25) is 0 Å². The molecule has 0 aromatic carbocycles. The lowest BCUT2D eigenvalue weighted by molar-refractivity contribution is -0.134. The van der Waals surface area contributed by atoms with Crippen molar-refractivity contribution in [1.82, 2.24) is 0 Å². The topological polar surface area (TPSA) is 26.3 Å². The van der Waals surface area contributed by atoms with Crippen molar-refractivity contribution in [3.63, 3.8) is 0 Å². The quantitative estimate of drug-likeness (QED) is 0.137. The summed E-state index contributed by atoms with van der Waals surface area (Å²) in [6, 6.07) is 0. The highest BCUT2D eigenvalue weighted by atomic mass is 16.5. The highest BCUT2D eigenvalue weighted by Crippen LogP contribution is 2.61. The van der Waals surface area contributed by atoms with E-state index in [9.17, 15) is 4.79 Å². The molecule has 0 N–H and O–H groups in total. The van der Waals surface area contributed by atoms with Gasteiger partial charge in [-0.05, 0) is 60.8 Å². The van der Waals surface area contributed by atoms with Gasteiger partial charge in [0.15, 0.2) is 0 Å². The third-order valence-electron chi connectivity index (χ3n) is 7.18. The van der Waals surface area contributed by atoms with Crippen molar-refractivity contribution < 1.29 is 9.53 Å². The number of methoxy groups -OCH3 is 1. The zero-order valence-corrected chi connectivity index (χ0v) is 19.9. The van der Waals surface area contributed by atoms with E-state index in [0.717, 1.165) is 5.57 Å². The van der Waals surface area contributed by atoms with Gasteiger partial charge >= 0.3 is 5.97 Å². The summed E-state index contributed by atoms with van der Waals surface area (Å²) in [5.74, 6) is -0.302. The van der Waals surface area contributed by atoms with Crippen LogP contribution >= 0.6 is 0 Å². The van der Waals surface area contributed by atoms with Crippen LogP contribution in [0.25, 0.3) is 0 Å². The minimum absolute atomic E-state index is 0.253. The lowest BCUT2D eigenvalue weighted by atomic mass is 9.64. The fourth-order valence-electron chi connectivity index (χ4n) is 5.07. The van der Waals surface area contributed by atoms with Crippen LogP contribution in [0.1, 0.15) is 92.9 Å². The molecule has 0 aliphatic heterocycles. The number of ether oxygens (including phenoxy) is 1. The molecule has 2 rings (SSSR count). The standard InChI is InChI=1S/C27H42O2/c1-8-9-11-14-27(15-12-10-13-21(2)18-24(28)29-7)19-22-23(20-27)26(5,6)17-16-25(22,3)4/h10,12-13,15,18H,8-9,11,14,16-17,19-20H2,1-7H3/b13-10+,15-12+,21-18-. The molecule has 0 radical (unpaired) electrons. The van der Waals surface area contributed by atoms with Crippen molar-refractivity contribution in [3.8, 4) is 0 Å². The van der Waals surface area contributed by atoms with Crippen LogP contribution in [0.5, 0.6) is 0 Å². The van der Waals surface area contributed by atoms with Crippen LogP contribution in [-0.4, -0.2) is 13.1 Å². The molecule has 2 heteroatoms. The van der Waals surface area contributed by atoms with Gasteiger partial charge in [-0.2, -0.15) is 0 Å². The van der Waals surface area contributed by atoms with Crippen LogP contribution in [-0.2, 0) is 9.53 Å². The minimum atomic E-state index is -0.302. The first-order valence-electron chi connectivity index (χ1n) is 11.4. The first kappa shape index (κ1) is 23.7. The van der Waals surface area contributed by atoms with Crippen LogP contribution in [0, 0.1) is 16.2 Å². The maximum Gasteiger partial charge on any atom is 0.330 e. The van der Waals surface area contributed by atoms with E-state index in [1.165, 1.54) is 64.6 Å². The Morgan fingerprint density at radius 1 is 1.00 bits per heavy atom. The first-order chi connectivity index (χ1) is 13.6. The number of allylic oxidation sites excluding steroid dienone is 7. The van der Waals surface area contributed by atoms with Gasteiger partial charge in [0.05, 0.1) is 7.11 Å². The third-order valence-corrected chi connectivity index (χ3v) is 7.18. The van der Waals surface area contributed by atoms with E-state index in [2.05, 4.69) is 52.8 Å². The number of esters is 1. The van der Waals surface area contributed by atoms with E-state index in [1.54, 1.807) is 11.1 Å². The molecule has 29 heavy (non-hydrogen) atoms. The molecule has 162 valence electrons. The molecule has 2 aliphatic rings. The Bertz CT molecular complexity index is 685. The number of hydrogen-bond donors (Lipinski definition) is 0. The Hall–Kier alpha value is -1.57. The van der Waals surface area contributed by atoms with Gasteiger partial charge in [0.25, 0.3) is 0 Å². The molecule has 0 heterocycles. The average Bonchev–Trinajstić information content (AvgIpc) is 3.06. The Kier molecular flexibility index (Phi) is 7.76. The molecule has 0 spiro atoms. The van der Waals surface area contributed by atoms with Crippen molar-refractivity contribution in [2.45, 2.75) is 92.9 Å². The fraction of sp³-hybridized carbons (Fsp3) is 0.667. The molecule has 0 unspecified atom stereocenters. The number of unbranched alkanes of at least 4 members (excludes halogenated alkanes) is 2. The summed E-state index contributed by atoms with van der Waals surface area (Å²) in [5, 5.41) is 0. The van der Waals surface area contributed by atoms with E-state index >= 15 is 0 Å². The van der Waals surface area contributed by atoms with Gasteiger partial charge in [0.2, 0.25) is 0 Å². The SMILES string of the molecule is CCCCCC1(/C=C/C=C/C(C)=C\C(=O)OC)CC2=C(C1)C(C)(C)CCC2(C)C. The molecule has 0 saturated heterocycles. The molecular weight excluding hydrogens is 356 g/mol. The normalized spacial score (nSPS) is 23.1. The second kappa shape index (κ2) is 9.49. The maximum absolute atomic E-state index is 11.4. The lowest BCUT2D eigenvalue weighted by Gasteiger charge is -2.41. The van der Waals surface area contributed by atoms with E-state index < -0.39 is 0 Å². The van der Waals surface area contributed by atoms with Gasteiger partial charge in [-0.3, -0.25) is 0 Å². The molecule has 2 aliphatic carbocycles. The minimum Gasteiger partial charge on any atom is -0.466 e. The fourth-order valence-corrected chi connectivity index (χ4v) is 5.07. The van der Waals surface area contributed by atoms with E-state index in [0.29, 0.717) is 10.8 Å². The van der Waals surface area contributed by atoms with Crippen molar-refractivity contribution in [3.05, 3.63) is 47.1 Å². The zero-order chi connectivity index (χ0) is 21.7. The second-order valence-electron chi connectivity index (χ2n) is 10.5. The van der Waals surface area contributed by atoms with Crippen molar-refractivity contribution in [1.29, 1.82) is 0 Å². The van der Waals surface area contributed by atoms with Gasteiger partial charge in [-0.15, -0.1) is 0 Å². The summed E-state index contributed by atoms with van der Waals surface area (Å²) >= 11 is 0. The first-order valence-corrected chi connectivity index (χ1v) is 11.4. The molecule has 0 atom stereocenters. The molecule has 0 aromatic rings. The predicted molar refractivity (Wildman–Crippen MR) is 124 cm³/mol. The van der Waals surface area contributed by atoms with Crippen LogP contribution in [0.4, 0.5) is 0 Å². The summed E-state index contributed by atoms with van der Waals surface area (Å²) in [6.45, 7) is 14.0. The van der Waals surface area contributed by atoms with Gasteiger partial charge < -0.3 is 4.74 Å². The molecule has 0 bridgehead atoms. The summed E-state index contributed by atoms with van der Waals surface area (Å²) in [4.78, 5) is 11.4. The highest BCUT2D eigenvalue weighted by Gasteiger charge is 2.48.